The molecule has 0 heterocycles. The van der Waals surface area contributed by atoms with Gasteiger partial charge in [0.25, 0.3) is 0 Å². The molecule has 1 aliphatic rings. The Balaban J connectivity index is 2.70. The lowest BCUT2D eigenvalue weighted by Crippen LogP contribution is -2.12. The normalized spacial score (nSPS) is 22.6. The summed E-state index contributed by atoms with van der Waals surface area (Å²) in [5.74, 6) is -0.256. The fourth-order valence-corrected chi connectivity index (χ4v) is 0.898. The van der Waals surface area contributed by atoms with Crippen molar-refractivity contribution in [3.63, 3.8) is 0 Å². The van der Waals surface area contributed by atoms with Gasteiger partial charge in [0.05, 0.1) is 0 Å². The topological polar surface area (TPSA) is 34.1 Å². The maximum atomic E-state index is 10.4. The molecule has 0 amide bonds. The van der Waals surface area contributed by atoms with Gasteiger partial charge in [-0.05, 0) is 0 Å². The predicted molar refractivity (Wildman–Crippen MR) is 28.9 cm³/mol. The van der Waals surface area contributed by atoms with Gasteiger partial charge in [0.2, 0.25) is 0 Å². The number of rotatable bonds is 0. The van der Waals surface area contributed by atoms with Gasteiger partial charge in [0.15, 0.2) is 16.9 Å². The molecule has 0 aromatic heterocycles. The quantitative estimate of drug-likeness (QED) is 0.356. The van der Waals surface area contributed by atoms with Crippen molar-refractivity contribution in [2.24, 2.45) is 0 Å². The first-order valence-electron chi connectivity index (χ1n) is 2.41. The highest BCUT2D eigenvalue weighted by Gasteiger charge is 2.30. The molecule has 3 heteroatoms. The molecule has 0 atom stereocenters. The summed E-state index contributed by atoms with van der Waals surface area (Å²) in [6.45, 7) is 0. The van der Waals surface area contributed by atoms with Gasteiger partial charge in [-0.3, -0.25) is 9.59 Å². The Morgan fingerprint density at radius 2 is 1.62 bits per heavy atom. The van der Waals surface area contributed by atoms with E-state index in [1.165, 1.54) is 0 Å². The van der Waals surface area contributed by atoms with Crippen molar-refractivity contribution in [1.29, 1.82) is 0 Å². The fraction of sp³-hybridized carbons (Fsp3) is 0.600. The largest absolute Gasteiger partial charge is 0.298 e. The van der Waals surface area contributed by atoms with Crippen molar-refractivity contribution < 1.29 is 9.59 Å². The van der Waals surface area contributed by atoms with E-state index in [-0.39, 0.29) is 11.6 Å². The van der Waals surface area contributed by atoms with Crippen LogP contribution in [0.2, 0.25) is 0 Å². The highest BCUT2D eigenvalue weighted by atomic mass is 35.5. The number of carbonyl (C=O) groups is 2. The van der Waals surface area contributed by atoms with Crippen LogP contribution in [0.4, 0.5) is 0 Å². The van der Waals surface area contributed by atoms with Crippen molar-refractivity contribution in [3.8, 4) is 0 Å². The van der Waals surface area contributed by atoms with Gasteiger partial charge in [0.1, 0.15) is 0 Å². The molecule has 8 heavy (non-hydrogen) atoms. The molecule has 0 unspecified atom stereocenters. The SMILES string of the molecule is O=C1CCC(=O)C1Cl. The summed E-state index contributed by atoms with van der Waals surface area (Å²) in [7, 11) is 0. The molecule has 0 aliphatic heterocycles. The second kappa shape index (κ2) is 1.86. The number of ketones is 2. The summed E-state index contributed by atoms with van der Waals surface area (Å²) in [6, 6.07) is 0. The molecule has 0 N–H and O–H groups in total. The number of Topliss-reactive ketones (excluding diaryl/α,β-unsaturated/α-hetero) is 2. The number of halogens is 1. The number of alkyl halides is 1. The summed E-state index contributed by atoms with van der Waals surface area (Å²) >= 11 is 5.31. The van der Waals surface area contributed by atoms with E-state index < -0.39 is 5.38 Å². The van der Waals surface area contributed by atoms with Crippen LogP contribution in [0, 0.1) is 0 Å². The first-order chi connectivity index (χ1) is 3.72. The lowest BCUT2D eigenvalue weighted by Gasteiger charge is -1.87. The standard InChI is InChI=1S/C5H5ClO2/c6-5-3(7)1-2-4(5)8/h5H,1-2H2. The molecule has 0 radical (unpaired) electrons. The molecule has 0 aromatic rings. The maximum absolute atomic E-state index is 10.4. The zero-order valence-corrected chi connectivity index (χ0v) is 4.94. The Hall–Kier alpha value is -0.370. The van der Waals surface area contributed by atoms with Crippen molar-refractivity contribution in [2.75, 3.05) is 0 Å². The van der Waals surface area contributed by atoms with Gasteiger partial charge in [-0.25, -0.2) is 0 Å². The molecular formula is C5H5ClO2. The molecule has 1 aliphatic carbocycles. The minimum absolute atomic E-state index is 0.128. The summed E-state index contributed by atoms with van der Waals surface area (Å²) in [6.07, 6.45) is 0.681. The lowest BCUT2D eigenvalue weighted by atomic mass is 10.3. The van der Waals surface area contributed by atoms with Gasteiger partial charge in [-0.2, -0.15) is 0 Å². The highest BCUT2D eigenvalue weighted by Crippen LogP contribution is 2.15. The summed E-state index contributed by atoms with van der Waals surface area (Å²) < 4.78 is 0. The monoisotopic (exact) mass is 132 g/mol. The van der Waals surface area contributed by atoms with Gasteiger partial charge >= 0.3 is 0 Å². The van der Waals surface area contributed by atoms with Gasteiger partial charge in [-0.15, -0.1) is 11.6 Å². The minimum atomic E-state index is -0.824. The molecular weight excluding hydrogens is 128 g/mol. The van der Waals surface area contributed by atoms with Gasteiger partial charge < -0.3 is 0 Å². The first kappa shape index (κ1) is 5.76. The minimum Gasteiger partial charge on any atom is -0.298 e. The third-order valence-corrected chi connectivity index (χ3v) is 1.67. The Kier molecular flexibility index (Phi) is 1.34. The number of hydrogen-bond acceptors (Lipinski definition) is 2. The van der Waals surface area contributed by atoms with Crippen LogP contribution < -0.4 is 0 Å². The van der Waals surface area contributed by atoms with Crippen LogP contribution in [0.1, 0.15) is 12.8 Å². The molecule has 1 fully saturated rings. The molecule has 0 bridgehead atoms. The number of carbonyl (C=O) groups excluding carboxylic acids is 2. The average Bonchev–Trinajstić information content (AvgIpc) is 1.98. The maximum Gasteiger partial charge on any atom is 0.158 e. The van der Waals surface area contributed by atoms with Crippen LogP contribution in [0.3, 0.4) is 0 Å². The van der Waals surface area contributed by atoms with Crippen LogP contribution in [-0.4, -0.2) is 16.9 Å². The van der Waals surface area contributed by atoms with Crippen LogP contribution in [-0.2, 0) is 9.59 Å². The Morgan fingerprint density at radius 1 is 1.25 bits per heavy atom. The summed E-state index contributed by atoms with van der Waals surface area (Å²) in [5, 5.41) is -0.824. The van der Waals surface area contributed by atoms with Crippen LogP contribution in [0.15, 0.2) is 0 Å². The highest BCUT2D eigenvalue weighted by molar-refractivity contribution is 6.44. The Morgan fingerprint density at radius 3 is 1.75 bits per heavy atom. The van der Waals surface area contributed by atoms with E-state index in [1.54, 1.807) is 0 Å². The van der Waals surface area contributed by atoms with Crippen molar-refractivity contribution in [2.45, 2.75) is 18.2 Å². The Bertz CT molecular complexity index is 125. The fourth-order valence-electron chi connectivity index (χ4n) is 0.679. The molecule has 44 valence electrons. The van der Waals surface area contributed by atoms with E-state index in [0.717, 1.165) is 0 Å². The summed E-state index contributed by atoms with van der Waals surface area (Å²) in [5.41, 5.74) is 0. The summed E-state index contributed by atoms with van der Waals surface area (Å²) in [4.78, 5) is 20.9. The smallest absolute Gasteiger partial charge is 0.158 e. The molecule has 0 aromatic carbocycles. The molecule has 0 spiro atoms. The van der Waals surface area contributed by atoms with Crippen molar-refractivity contribution >= 4 is 23.2 Å². The molecule has 0 saturated heterocycles. The second-order valence-electron chi connectivity index (χ2n) is 1.80. The van der Waals surface area contributed by atoms with Crippen molar-refractivity contribution in [1.82, 2.24) is 0 Å². The van der Waals surface area contributed by atoms with Crippen LogP contribution in [0.5, 0.6) is 0 Å². The van der Waals surface area contributed by atoms with Crippen LogP contribution in [0.25, 0.3) is 0 Å². The van der Waals surface area contributed by atoms with Gasteiger partial charge in [-0.1, -0.05) is 0 Å². The first-order valence-corrected chi connectivity index (χ1v) is 2.85. The Labute approximate surface area is 51.8 Å². The zero-order valence-electron chi connectivity index (χ0n) is 4.19. The van der Waals surface area contributed by atoms with E-state index >= 15 is 0 Å². The van der Waals surface area contributed by atoms with E-state index in [9.17, 15) is 9.59 Å². The lowest BCUT2D eigenvalue weighted by molar-refractivity contribution is -0.121. The third-order valence-electron chi connectivity index (χ3n) is 1.18. The van der Waals surface area contributed by atoms with E-state index in [2.05, 4.69) is 0 Å². The van der Waals surface area contributed by atoms with Crippen LogP contribution >= 0.6 is 11.6 Å². The zero-order chi connectivity index (χ0) is 6.15. The molecule has 2 nitrogen and oxygen atoms in total. The van der Waals surface area contributed by atoms with Crippen molar-refractivity contribution in [3.05, 3.63) is 0 Å². The van der Waals surface area contributed by atoms with E-state index in [1.807, 2.05) is 0 Å². The molecule has 1 rings (SSSR count). The predicted octanol–water partition coefficient (Wildman–Crippen LogP) is 0.526. The second-order valence-corrected chi connectivity index (χ2v) is 2.23. The molecule has 1 saturated carbocycles. The average molecular weight is 133 g/mol. The van der Waals surface area contributed by atoms with E-state index in [0.29, 0.717) is 12.8 Å². The third kappa shape index (κ3) is 0.757. The number of hydrogen-bond donors (Lipinski definition) is 0. The van der Waals surface area contributed by atoms with E-state index in [4.69, 9.17) is 11.6 Å². The van der Waals surface area contributed by atoms with Gasteiger partial charge in [0, 0.05) is 12.8 Å².